The van der Waals surface area contributed by atoms with E-state index in [1.807, 2.05) is 24.3 Å². The molecule has 0 atom stereocenters. The molecule has 1 aliphatic rings. The van der Waals surface area contributed by atoms with Gasteiger partial charge in [0, 0.05) is 36.8 Å². The fraction of sp³-hybridized carbons (Fsp3) is 0.368. The topological polar surface area (TPSA) is 58.6 Å². The predicted molar refractivity (Wildman–Crippen MR) is 103 cm³/mol. The standard InChI is InChI=1S/C19H22ClFN2O3S/c20-18-2-1-3-19(21)17(18)14-27(24,25)22-12-15-4-6-16(7-5-15)13-23-8-10-26-11-9-23/h1-7,22H,8-14H2. The first-order chi connectivity index (χ1) is 12.9. The number of hydrogen-bond donors (Lipinski definition) is 1. The van der Waals surface area contributed by atoms with E-state index in [4.69, 9.17) is 16.3 Å². The van der Waals surface area contributed by atoms with Crippen LogP contribution in [0.5, 0.6) is 0 Å². The minimum atomic E-state index is -3.71. The zero-order chi connectivity index (χ0) is 19.3. The van der Waals surface area contributed by atoms with Gasteiger partial charge in [-0.15, -0.1) is 0 Å². The third-order valence-corrected chi connectivity index (χ3v) is 6.03. The van der Waals surface area contributed by atoms with Crippen molar-refractivity contribution in [3.05, 3.63) is 70.0 Å². The first kappa shape index (κ1) is 20.2. The lowest BCUT2D eigenvalue weighted by Crippen LogP contribution is -2.35. The average Bonchev–Trinajstić information content (AvgIpc) is 2.65. The van der Waals surface area contributed by atoms with Crippen LogP contribution < -0.4 is 4.72 Å². The fourth-order valence-corrected chi connectivity index (χ4v) is 4.36. The molecule has 2 aromatic rings. The molecule has 27 heavy (non-hydrogen) atoms. The molecule has 1 aliphatic heterocycles. The molecule has 5 nitrogen and oxygen atoms in total. The van der Waals surface area contributed by atoms with Crippen molar-refractivity contribution >= 4 is 21.6 Å². The van der Waals surface area contributed by atoms with Gasteiger partial charge in [0.05, 0.1) is 19.0 Å². The normalized spacial score (nSPS) is 15.8. The molecule has 0 unspecified atom stereocenters. The largest absolute Gasteiger partial charge is 0.379 e. The van der Waals surface area contributed by atoms with Gasteiger partial charge in [0.1, 0.15) is 5.82 Å². The summed E-state index contributed by atoms with van der Waals surface area (Å²) < 4.78 is 46.1. The molecule has 146 valence electrons. The maximum atomic E-state index is 13.8. The number of halogens is 2. The molecule has 0 amide bonds. The minimum Gasteiger partial charge on any atom is -0.379 e. The molecular weight excluding hydrogens is 391 g/mol. The summed E-state index contributed by atoms with van der Waals surface area (Å²) in [6.07, 6.45) is 0. The lowest BCUT2D eigenvalue weighted by Gasteiger charge is -2.26. The van der Waals surface area contributed by atoms with Crippen molar-refractivity contribution in [3.63, 3.8) is 0 Å². The lowest BCUT2D eigenvalue weighted by molar-refractivity contribution is 0.0342. The third kappa shape index (κ3) is 5.99. The van der Waals surface area contributed by atoms with Gasteiger partial charge in [0.2, 0.25) is 10.0 Å². The number of nitrogens with zero attached hydrogens (tertiary/aromatic N) is 1. The summed E-state index contributed by atoms with van der Waals surface area (Å²) in [5.41, 5.74) is 1.98. The van der Waals surface area contributed by atoms with Crippen LogP contribution in [-0.4, -0.2) is 39.6 Å². The highest BCUT2D eigenvalue weighted by molar-refractivity contribution is 7.88. The van der Waals surface area contributed by atoms with Crippen LogP contribution in [0.1, 0.15) is 16.7 Å². The smallest absolute Gasteiger partial charge is 0.216 e. The number of sulfonamides is 1. The summed E-state index contributed by atoms with van der Waals surface area (Å²) in [5.74, 6) is -1.12. The Kier molecular flexibility index (Phi) is 6.83. The Morgan fingerprint density at radius 1 is 1.07 bits per heavy atom. The summed E-state index contributed by atoms with van der Waals surface area (Å²) in [6, 6.07) is 11.9. The second-order valence-corrected chi connectivity index (χ2v) is 8.70. The van der Waals surface area contributed by atoms with E-state index in [1.54, 1.807) is 0 Å². The zero-order valence-electron chi connectivity index (χ0n) is 14.8. The molecule has 0 bridgehead atoms. The van der Waals surface area contributed by atoms with Gasteiger partial charge in [0.25, 0.3) is 0 Å². The molecule has 2 aromatic carbocycles. The van der Waals surface area contributed by atoms with Crippen molar-refractivity contribution in [2.45, 2.75) is 18.8 Å². The van der Waals surface area contributed by atoms with Crippen molar-refractivity contribution in [2.24, 2.45) is 0 Å². The number of morpholine rings is 1. The van der Waals surface area contributed by atoms with E-state index in [1.165, 1.54) is 23.8 Å². The van der Waals surface area contributed by atoms with Crippen LogP contribution in [0.3, 0.4) is 0 Å². The summed E-state index contributed by atoms with van der Waals surface area (Å²) in [7, 11) is -3.71. The average molecular weight is 413 g/mol. The van der Waals surface area contributed by atoms with E-state index in [0.717, 1.165) is 38.4 Å². The SMILES string of the molecule is O=S(=O)(Cc1c(F)cccc1Cl)NCc1ccc(CN2CCOCC2)cc1. The Hall–Kier alpha value is -1.51. The Bertz CT molecular complexity index is 849. The second kappa shape index (κ2) is 9.12. The van der Waals surface area contributed by atoms with Gasteiger partial charge in [-0.25, -0.2) is 17.5 Å². The first-order valence-corrected chi connectivity index (χ1v) is 10.7. The van der Waals surface area contributed by atoms with E-state index in [2.05, 4.69) is 9.62 Å². The molecule has 1 saturated heterocycles. The molecular formula is C19H22ClFN2O3S. The Morgan fingerprint density at radius 2 is 1.74 bits per heavy atom. The van der Waals surface area contributed by atoms with Crippen molar-refractivity contribution in [3.8, 4) is 0 Å². The van der Waals surface area contributed by atoms with Crippen molar-refractivity contribution in [1.29, 1.82) is 0 Å². The maximum absolute atomic E-state index is 13.8. The summed E-state index contributed by atoms with van der Waals surface area (Å²) in [6.45, 7) is 4.34. The zero-order valence-corrected chi connectivity index (χ0v) is 16.4. The molecule has 0 saturated carbocycles. The van der Waals surface area contributed by atoms with Gasteiger partial charge in [0.15, 0.2) is 0 Å². The molecule has 1 N–H and O–H groups in total. The molecule has 1 fully saturated rings. The monoisotopic (exact) mass is 412 g/mol. The Balaban J connectivity index is 1.55. The van der Waals surface area contributed by atoms with Crippen LogP contribution in [0, 0.1) is 5.82 Å². The summed E-state index contributed by atoms with van der Waals surface area (Å²) >= 11 is 5.91. The molecule has 8 heteroatoms. The van der Waals surface area contributed by atoms with Gasteiger partial charge in [-0.2, -0.15) is 0 Å². The van der Waals surface area contributed by atoms with Crippen LogP contribution in [0.2, 0.25) is 5.02 Å². The van der Waals surface area contributed by atoms with Gasteiger partial charge in [-0.1, -0.05) is 41.9 Å². The van der Waals surface area contributed by atoms with Crippen molar-refractivity contribution < 1.29 is 17.5 Å². The van der Waals surface area contributed by atoms with Crippen LogP contribution in [0.15, 0.2) is 42.5 Å². The predicted octanol–water partition coefficient (Wildman–Crippen LogP) is 2.93. The van der Waals surface area contributed by atoms with E-state index in [0.29, 0.717) is 0 Å². The van der Waals surface area contributed by atoms with Crippen LogP contribution in [0.4, 0.5) is 4.39 Å². The number of rotatable bonds is 7. The highest BCUT2D eigenvalue weighted by Crippen LogP contribution is 2.21. The number of ether oxygens (including phenoxy) is 1. The number of hydrogen-bond acceptors (Lipinski definition) is 4. The van der Waals surface area contributed by atoms with E-state index in [-0.39, 0.29) is 17.1 Å². The molecule has 0 spiro atoms. The molecule has 0 aliphatic carbocycles. The Labute approximate surface area is 164 Å². The van der Waals surface area contributed by atoms with Crippen molar-refractivity contribution in [1.82, 2.24) is 9.62 Å². The third-order valence-electron chi connectivity index (χ3n) is 4.43. The fourth-order valence-electron chi connectivity index (χ4n) is 2.88. The van der Waals surface area contributed by atoms with Crippen molar-refractivity contribution in [2.75, 3.05) is 26.3 Å². The molecule has 0 aromatic heterocycles. The van der Waals surface area contributed by atoms with Gasteiger partial charge < -0.3 is 4.74 Å². The van der Waals surface area contributed by atoms with Crippen LogP contribution in [0.25, 0.3) is 0 Å². The highest BCUT2D eigenvalue weighted by atomic mass is 35.5. The van der Waals surface area contributed by atoms with E-state index in [9.17, 15) is 12.8 Å². The van der Waals surface area contributed by atoms with E-state index < -0.39 is 21.6 Å². The minimum absolute atomic E-state index is 0.0208. The quantitative estimate of drug-likeness (QED) is 0.759. The summed E-state index contributed by atoms with van der Waals surface area (Å²) in [5, 5.41) is 0.104. The van der Waals surface area contributed by atoms with Gasteiger partial charge in [-0.3, -0.25) is 4.90 Å². The van der Waals surface area contributed by atoms with Gasteiger partial charge in [-0.05, 0) is 23.3 Å². The summed E-state index contributed by atoms with van der Waals surface area (Å²) in [4.78, 5) is 2.32. The first-order valence-electron chi connectivity index (χ1n) is 8.71. The molecule has 1 heterocycles. The molecule has 3 rings (SSSR count). The second-order valence-electron chi connectivity index (χ2n) is 6.49. The lowest BCUT2D eigenvalue weighted by atomic mass is 10.1. The van der Waals surface area contributed by atoms with E-state index >= 15 is 0 Å². The highest BCUT2D eigenvalue weighted by Gasteiger charge is 2.17. The van der Waals surface area contributed by atoms with Crippen LogP contribution >= 0.6 is 11.6 Å². The van der Waals surface area contributed by atoms with Crippen LogP contribution in [-0.2, 0) is 33.6 Å². The number of benzene rings is 2. The Morgan fingerprint density at radius 3 is 2.41 bits per heavy atom. The van der Waals surface area contributed by atoms with Gasteiger partial charge >= 0.3 is 0 Å². The number of nitrogens with one attached hydrogen (secondary N) is 1. The molecule has 0 radical (unpaired) electrons. The maximum Gasteiger partial charge on any atom is 0.216 e.